The molecule has 0 amide bonds. The summed E-state index contributed by atoms with van der Waals surface area (Å²) in [5.41, 5.74) is 4.44. The van der Waals surface area contributed by atoms with Crippen LogP contribution in [0.3, 0.4) is 0 Å². The molecule has 29 heavy (non-hydrogen) atoms. The van der Waals surface area contributed by atoms with Crippen LogP contribution in [-0.4, -0.2) is 30.8 Å². The van der Waals surface area contributed by atoms with Gasteiger partial charge < -0.3 is 8.98 Å². The normalized spacial score (nSPS) is 12.1. The summed E-state index contributed by atoms with van der Waals surface area (Å²) >= 11 is 1.26. The van der Waals surface area contributed by atoms with E-state index in [1.807, 2.05) is 63.2 Å². The quantitative estimate of drug-likeness (QED) is 0.336. The van der Waals surface area contributed by atoms with E-state index in [2.05, 4.69) is 19.7 Å². The van der Waals surface area contributed by atoms with E-state index in [4.69, 9.17) is 4.42 Å². The molecule has 0 N–H and O–H groups in total. The number of hydrogen-bond acceptors (Lipinski definition) is 6. The van der Waals surface area contributed by atoms with Gasteiger partial charge >= 0.3 is 0 Å². The molecule has 0 bridgehead atoms. The first-order valence-corrected chi connectivity index (χ1v) is 10.1. The zero-order valence-corrected chi connectivity index (χ0v) is 17.2. The van der Waals surface area contributed by atoms with Gasteiger partial charge in [-0.1, -0.05) is 30.0 Å². The van der Waals surface area contributed by atoms with Crippen molar-refractivity contribution < 1.29 is 9.21 Å². The Bertz CT molecular complexity index is 1140. The van der Waals surface area contributed by atoms with E-state index in [0.29, 0.717) is 16.7 Å². The third kappa shape index (κ3) is 3.86. The van der Waals surface area contributed by atoms with Crippen molar-refractivity contribution >= 4 is 17.5 Å². The summed E-state index contributed by atoms with van der Waals surface area (Å²) in [6.45, 7) is 5.83. The highest BCUT2D eigenvalue weighted by atomic mass is 32.2. The Kier molecular flexibility index (Phi) is 5.31. The fraction of sp³-hybridized carbons (Fsp3) is 0.182. The summed E-state index contributed by atoms with van der Waals surface area (Å²) in [5, 5.41) is 8.12. The third-order valence-corrected chi connectivity index (χ3v) is 5.61. The van der Waals surface area contributed by atoms with Crippen molar-refractivity contribution in [2.24, 2.45) is 0 Å². The number of para-hydroxylation sites is 1. The maximum absolute atomic E-state index is 13.1. The average molecular weight is 404 g/mol. The number of benzene rings is 1. The molecule has 6 nitrogen and oxygen atoms in total. The lowest BCUT2D eigenvalue weighted by Crippen LogP contribution is -2.14. The first-order chi connectivity index (χ1) is 14.0. The zero-order chi connectivity index (χ0) is 20.4. The van der Waals surface area contributed by atoms with Crippen molar-refractivity contribution in [2.75, 3.05) is 0 Å². The van der Waals surface area contributed by atoms with Gasteiger partial charge in [-0.05, 0) is 51.1 Å². The van der Waals surface area contributed by atoms with Gasteiger partial charge in [0.2, 0.25) is 5.89 Å². The Balaban J connectivity index is 1.54. The monoisotopic (exact) mass is 404 g/mol. The van der Waals surface area contributed by atoms with E-state index in [1.54, 1.807) is 18.5 Å². The van der Waals surface area contributed by atoms with Gasteiger partial charge in [0.1, 0.15) is 0 Å². The fourth-order valence-corrected chi connectivity index (χ4v) is 4.03. The molecule has 4 rings (SSSR count). The standard InChI is InChI=1S/C22H20N4O2S/c1-14-12-19(15(2)26(14)18-9-5-4-6-10-18)20(27)16(3)29-22-25-24-21(28-22)17-8-7-11-23-13-17/h4-13,16H,1-3H3. The smallest absolute Gasteiger partial charge is 0.277 e. The Labute approximate surface area is 173 Å². The molecule has 3 aromatic heterocycles. The molecular weight excluding hydrogens is 384 g/mol. The number of aromatic nitrogens is 4. The molecule has 7 heteroatoms. The first-order valence-electron chi connectivity index (χ1n) is 9.23. The first kappa shape index (κ1) is 19.1. The summed E-state index contributed by atoms with van der Waals surface area (Å²) in [7, 11) is 0. The van der Waals surface area contributed by atoms with E-state index < -0.39 is 0 Å². The van der Waals surface area contributed by atoms with E-state index in [9.17, 15) is 4.79 Å². The highest BCUT2D eigenvalue weighted by Crippen LogP contribution is 2.29. The van der Waals surface area contributed by atoms with Gasteiger partial charge in [0, 0.05) is 35.0 Å². The van der Waals surface area contributed by atoms with Gasteiger partial charge in [0.05, 0.1) is 10.8 Å². The lowest BCUT2D eigenvalue weighted by atomic mass is 10.1. The van der Waals surface area contributed by atoms with Crippen LogP contribution in [0, 0.1) is 13.8 Å². The number of Topliss-reactive ketones (excluding diaryl/α,β-unsaturated/α-hetero) is 1. The molecule has 3 heterocycles. The molecule has 1 atom stereocenters. The molecule has 4 aromatic rings. The number of rotatable bonds is 6. The molecule has 146 valence electrons. The van der Waals surface area contributed by atoms with Crippen LogP contribution in [0.4, 0.5) is 0 Å². The number of hydrogen-bond donors (Lipinski definition) is 0. The SMILES string of the molecule is Cc1cc(C(=O)C(C)Sc2nnc(-c3cccnc3)o2)c(C)n1-c1ccccc1. The van der Waals surface area contributed by atoms with Gasteiger partial charge in [-0.3, -0.25) is 9.78 Å². The van der Waals surface area contributed by atoms with Crippen LogP contribution in [0.1, 0.15) is 28.7 Å². The maximum Gasteiger partial charge on any atom is 0.277 e. The Hall–Kier alpha value is -3.19. The van der Waals surface area contributed by atoms with Crippen LogP contribution in [0.2, 0.25) is 0 Å². The van der Waals surface area contributed by atoms with Gasteiger partial charge in [-0.25, -0.2) is 0 Å². The van der Waals surface area contributed by atoms with E-state index in [0.717, 1.165) is 22.6 Å². The second kappa shape index (κ2) is 8.05. The molecule has 0 saturated heterocycles. The molecule has 0 radical (unpaired) electrons. The van der Waals surface area contributed by atoms with Crippen molar-refractivity contribution in [3.63, 3.8) is 0 Å². The van der Waals surface area contributed by atoms with Crippen LogP contribution in [-0.2, 0) is 0 Å². The average Bonchev–Trinajstić information content (AvgIpc) is 3.32. The molecule has 1 unspecified atom stereocenters. The molecule has 0 spiro atoms. The predicted molar refractivity (Wildman–Crippen MR) is 112 cm³/mol. The maximum atomic E-state index is 13.1. The zero-order valence-electron chi connectivity index (χ0n) is 16.4. The lowest BCUT2D eigenvalue weighted by molar-refractivity contribution is 0.0993. The van der Waals surface area contributed by atoms with Gasteiger partial charge in [0.25, 0.3) is 5.22 Å². The summed E-state index contributed by atoms with van der Waals surface area (Å²) in [6.07, 6.45) is 3.34. The second-order valence-electron chi connectivity index (χ2n) is 6.69. The van der Waals surface area contributed by atoms with Crippen LogP contribution in [0.5, 0.6) is 0 Å². The topological polar surface area (TPSA) is 73.8 Å². The predicted octanol–water partition coefficient (Wildman–Crippen LogP) is 4.90. The van der Waals surface area contributed by atoms with Crippen LogP contribution >= 0.6 is 11.8 Å². The summed E-state index contributed by atoms with van der Waals surface area (Å²) in [5.74, 6) is 0.425. The van der Waals surface area contributed by atoms with Crippen molar-refractivity contribution in [3.8, 4) is 17.1 Å². The van der Waals surface area contributed by atoms with E-state index in [-0.39, 0.29) is 11.0 Å². The van der Waals surface area contributed by atoms with Gasteiger partial charge in [-0.15, -0.1) is 10.2 Å². The van der Waals surface area contributed by atoms with Crippen LogP contribution < -0.4 is 0 Å². The molecule has 1 aromatic carbocycles. The summed E-state index contributed by atoms with van der Waals surface area (Å²) in [6, 6.07) is 15.6. The number of nitrogens with zero attached hydrogens (tertiary/aromatic N) is 4. The lowest BCUT2D eigenvalue weighted by Gasteiger charge is -2.11. The van der Waals surface area contributed by atoms with Crippen LogP contribution in [0.15, 0.2) is 70.6 Å². The van der Waals surface area contributed by atoms with Gasteiger partial charge in [-0.2, -0.15) is 0 Å². The number of thioether (sulfide) groups is 1. The minimum Gasteiger partial charge on any atom is -0.411 e. The summed E-state index contributed by atoms with van der Waals surface area (Å²) in [4.78, 5) is 17.2. The highest BCUT2D eigenvalue weighted by molar-refractivity contribution is 8.00. The Morgan fingerprint density at radius 1 is 1.10 bits per heavy atom. The molecule has 0 aliphatic carbocycles. The highest BCUT2D eigenvalue weighted by Gasteiger charge is 2.24. The number of pyridine rings is 1. The fourth-order valence-electron chi connectivity index (χ4n) is 3.27. The largest absolute Gasteiger partial charge is 0.411 e. The number of ketones is 1. The minimum atomic E-state index is -0.359. The van der Waals surface area contributed by atoms with Crippen molar-refractivity contribution in [1.29, 1.82) is 0 Å². The van der Waals surface area contributed by atoms with Crippen molar-refractivity contribution in [2.45, 2.75) is 31.2 Å². The number of aryl methyl sites for hydroxylation is 1. The molecule has 0 fully saturated rings. The molecule has 0 aliphatic rings. The van der Waals surface area contributed by atoms with Gasteiger partial charge in [0.15, 0.2) is 5.78 Å². The summed E-state index contributed by atoms with van der Waals surface area (Å²) < 4.78 is 7.79. The van der Waals surface area contributed by atoms with E-state index in [1.165, 1.54) is 11.8 Å². The number of carbonyl (C=O) groups excluding carboxylic acids is 1. The second-order valence-corrected chi connectivity index (χ2v) is 7.99. The van der Waals surface area contributed by atoms with Crippen LogP contribution in [0.25, 0.3) is 17.1 Å². The minimum absolute atomic E-state index is 0.0337. The van der Waals surface area contributed by atoms with Crippen molar-refractivity contribution in [1.82, 2.24) is 19.7 Å². The Morgan fingerprint density at radius 2 is 1.90 bits per heavy atom. The van der Waals surface area contributed by atoms with Crippen molar-refractivity contribution in [3.05, 3.63) is 77.9 Å². The molecule has 0 saturated carbocycles. The third-order valence-electron chi connectivity index (χ3n) is 4.67. The van der Waals surface area contributed by atoms with E-state index >= 15 is 0 Å². The molecule has 0 aliphatic heterocycles. The number of carbonyl (C=O) groups is 1. The molecular formula is C22H20N4O2S. The Morgan fingerprint density at radius 3 is 2.62 bits per heavy atom.